The number of hydrogen-bond acceptors (Lipinski definition) is 2. The number of carboxylic acid groups (broad SMARTS) is 1. The summed E-state index contributed by atoms with van der Waals surface area (Å²) in [7, 11) is 0. The third-order valence-electron chi connectivity index (χ3n) is 2.70. The van der Waals surface area contributed by atoms with Crippen LogP contribution in [0.5, 0.6) is 0 Å². The van der Waals surface area contributed by atoms with E-state index in [2.05, 4.69) is 6.92 Å². The van der Waals surface area contributed by atoms with Crippen molar-refractivity contribution in [3.8, 4) is 0 Å². The van der Waals surface area contributed by atoms with Gasteiger partial charge in [0.1, 0.15) is 0 Å². The summed E-state index contributed by atoms with van der Waals surface area (Å²) in [5, 5.41) is 8.52. The Balaban J connectivity index is 2.48. The summed E-state index contributed by atoms with van der Waals surface area (Å²) in [4.78, 5) is 10.4. The van der Waals surface area contributed by atoms with Gasteiger partial charge in [-0.1, -0.05) is 31.2 Å². The molecule has 88 valence electrons. The summed E-state index contributed by atoms with van der Waals surface area (Å²) < 4.78 is 0. The van der Waals surface area contributed by atoms with Gasteiger partial charge in [-0.05, 0) is 30.4 Å². The molecule has 1 rings (SSSR count). The lowest BCUT2D eigenvalue weighted by Gasteiger charge is -2.09. The highest BCUT2D eigenvalue weighted by atomic mass is 16.4. The minimum absolute atomic E-state index is 0.105. The van der Waals surface area contributed by atoms with Gasteiger partial charge in [-0.25, -0.2) is 0 Å². The topological polar surface area (TPSA) is 63.3 Å². The first kappa shape index (κ1) is 12.7. The molecule has 0 fully saturated rings. The number of carboxylic acids is 1. The number of nitrogens with two attached hydrogens (primary N) is 1. The van der Waals surface area contributed by atoms with Gasteiger partial charge < -0.3 is 10.8 Å². The lowest BCUT2D eigenvalue weighted by molar-refractivity contribution is -0.137. The Kier molecular flexibility index (Phi) is 4.99. The van der Waals surface area contributed by atoms with Crippen LogP contribution in [0.3, 0.4) is 0 Å². The first-order valence-corrected chi connectivity index (χ1v) is 5.69. The zero-order valence-corrected chi connectivity index (χ0v) is 9.65. The van der Waals surface area contributed by atoms with E-state index in [1.807, 2.05) is 24.3 Å². The summed E-state index contributed by atoms with van der Waals surface area (Å²) in [5.41, 5.74) is 8.22. The zero-order valence-electron chi connectivity index (χ0n) is 9.65. The van der Waals surface area contributed by atoms with Crippen molar-refractivity contribution in [2.75, 3.05) is 0 Å². The third-order valence-corrected chi connectivity index (χ3v) is 2.70. The van der Waals surface area contributed by atoms with E-state index in [0.29, 0.717) is 6.42 Å². The van der Waals surface area contributed by atoms with E-state index in [1.54, 1.807) is 0 Å². The molecule has 0 bridgehead atoms. The average Bonchev–Trinajstić information content (AvgIpc) is 2.28. The number of aliphatic carboxylic acids is 1. The minimum atomic E-state index is -0.732. The Morgan fingerprint density at radius 1 is 1.38 bits per heavy atom. The molecular formula is C13H19NO2. The van der Waals surface area contributed by atoms with Gasteiger partial charge in [0.2, 0.25) is 0 Å². The molecule has 0 radical (unpaired) electrons. The fourth-order valence-corrected chi connectivity index (χ4v) is 1.61. The van der Waals surface area contributed by atoms with E-state index in [1.165, 1.54) is 5.56 Å². The highest BCUT2D eigenvalue weighted by molar-refractivity contribution is 5.66. The largest absolute Gasteiger partial charge is 0.481 e. The van der Waals surface area contributed by atoms with Crippen LogP contribution < -0.4 is 5.73 Å². The molecule has 0 amide bonds. The van der Waals surface area contributed by atoms with E-state index < -0.39 is 5.97 Å². The third kappa shape index (κ3) is 4.03. The van der Waals surface area contributed by atoms with Gasteiger partial charge in [0, 0.05) is 12.5 Å². The highest BCUT2D eigenvalue weighted by Gasteiger charge is 2.03. The Hall–Kier alpha value is -1.35. The van der Waals surface area contributed by atoms with Gasteiger partial charge >= 0.3 is 5.97 Å². The SMILES string of the molecule is CCC(N)c1ccc(CCCC(=O)O)cc1. The van der Waals surface area contributed by atoms with Gasteiger partial charge in [-0.3, -0.25) is 4.79 Å². The first-order valence-electron chi connectivity index (χ1n) is 5.69. The predicted octanol–water partition coefficient (Wildman–Crippen LogP) is 2.50. The van der Waals surface area contributed by atoms with E-state index in [0.717, 1.165) is 18.4 Å². The Morgan fingerprint density at radius 2 is 2.00 bits per heavy atom. The molecule has 0 saturated carbocycles. The number of benzene rings is 1. The van der Waals surface area contributed by atoms with Crippen molar-refractivity contribution in [3.63, 3.8) is 0 Å². The molecule has 16 heavy (non-hydrogen) atoms. The maximum absolute atomic E-state index is 10.4. The number of aryl methyl sites for hydroxylation is 1. The molecule has 0 spiro atoms. The predicted molar refractivity (Wildman–Crippen MR) is 64.2 cm³/mol. The number of carbonyl (C=O) groups is 1. The van der Waals surface area contributed by atoms with Gasteiger partial charge in [0.15, 0.2) is 0 Å². The Labute approximate surface area is 96.3 Å². The van der Waals surface area contributed by atoms with Crippen LogP contribution in [-0.2, 0) is 11.2 Å². The quantitative estimate of drug-likeness (QED) is 0.775. The van der Waals surface area contributed by atoms with Gasteiger partial charge in [0.05, 0.1) is 0 Å². The molecule has 1 aromatic rings. The second-order valence-electron chi connectivity index (χ2n) is 4.00. The van der Waals surface area contributed by atoms with E-state index >= 15 is 0 Å². The van der Waals surface area contributed by atoms with Crippen LogP contribution in [0, 0.1) is 0 Å². The summed E-state index contributed by atoms with van der Waals surface area (Å²) >= 11 is 0. The van der Waals surface area contributed by atoms with Crippen molar-refractivity contribution in [1.82, 2.24) is 0 Å². The number of hydrogen-bond donors (Lipinski definition) is 2. The maximum atomic E-state index is 10.4. The highest BCUT2D eigenvalue weighted by Crippen LogP contribution is 2.15. The molecular weight excluding hydrogens is 202 g/mol. The van der Waals surface area contributed by atoms with Crippen LogP contribution >= 0.6 is 0 Å². The van der Waals surface area contributed by atoms with Crippen molar-refractivity contribution in [1.29, 1.82) is 0 Å². The van der Waals surface area contributed by atoms with Crippen molar-refractivity contribution in [3.05, 3.63) is 35.4 Å². The van der Waals surface area contributed by atoms with Crippen molar-refractivity contribution >= 4 is 5.97 Å². The lowest BCUT2D eigenvalue weighted by Crippen LogP contribution is -2.08. The molecule has 0 aliphatic carbocycles. The second-order valence-corrected chi connectivity index (χ2v) is 4.00. The van der Waals surface area contributed by atoms with Crippen LogP contribution in [0.15, 0.2) is 24.3 Å². The molecule has 0 aliphatic rings. The lowest BCUT2D eigenvalue weighted by atomic mass is 10.0. The molecule has 1 aromatic carbocycles. The molecule has 1 unspecified atom stereocenters. The molecule has 3 nitrogen and oxygen atoms in total. The molecule has 0 aromatic heterocycles. The molecule has 0 aliphatic heterocycles. The normalized spacial score (nSPS) is 12.4. The van der Waals surface area contributed by atoms with Crippen molar-refractivity contribution in [2.45, 2.75) is 38.6 Å². The Morgan fingerprint density at radius 3 is 2.50 bits per heavy atom. The molecule has 0 saturated heterocycles. The summed E-state index contributed by atoms with van der Waals surface area (Å²) in [5.74, 6) is -0.732. The van der Waals surface area contributed by atoms with Crippen LogP contribution in [0.25, 0.3) is 0 Å². The molecule has 1 atom stereocenters. The van der Waals surface area contributed by atoms with Gasteiger partial charge in [-0.15, -0.1) is 0 Å². The Bertz CT molecular complexity index is 332. The minimum Gasteiger partial charge on any atom is -0.481 e. The van der Waals surface area contributed by atoms with Crippen LogP contribution in [0.4, 0.5) is 0 Å². The fraction of sp³-hybridized carbons (Fsp3) is 0.462. The molecule has 3 N–H and O–H groups in total. The summed E-state index contributed by atoms with van der Waals surface area (Å²) in [6.45, 7) is 2.06. The van der Waals surface area contributed by atoms with Crippen LogP contribution in [0.1, 0.15) is 43.4 Å². The van der Waals surface area contributed by atoms with Crippen LogP contribution in [0.2, 0.25) is 0 Å². The smallest absolute Gasteiger partial charge is 0.303 e. The molecule has 3 heteroatoms. The number of rotatable bonds is 6. The summed E-state index contributed by atoms with van der Waals surface area (Å²) in [6, 6.07) is 8.24. The first-order chi connectivity index (χ1) is 7.63. The van der Waals surface area contributed by atoms with Crippen molar-refractivity contribution in [2.24, 2.45) is 5.73 Å². The molecule has 0 heterocycles. The standard InChI is InChI=1S/C13H19NO2/c1-2-12(14)11-8-6-10(7-9-11)4-3-5-13(15)16/h6-9,12H,2-5,14H2,1H3,(H,15,16). The van der Waals surface area contributed by atoms with Gasteiger partial charge in [-0.2, -0.15) is 0 Å². The van der Waals surface area contributed by atoms with E-state index in [4.69, 9.17) is 10.8 Å². The second kappa shape index (κ2) is 6.28. The monoisotopic (exact) mass is 221 g/mol. The maximum Gasteiger partial charge on any atom is 0.303 e. The van der Waals surface area contributed by atoms with E-state index in [-0.39, 0.29) is 12.5 Å². The summed E-state index contributed by atoms with van der Waals surface area (Å²) in [6.07, 6.45) is 2.66. The van der Waals surface area contributed by atoms with Crippen molar-refractivity contribution < 1.29 is 9.90 Å². The van der Waals surface area contributed by atoms with Crippen LogP contribution in [-0.4, -0.2) is 11.1 Å². The zero-order chi connectivity index (χ0) is 12.0. The fourth-order valence-electron chi connectivity index (χ4n) is 1.61. The van der Waals surface area contributed by atoms with Gasteiger partial charge in [0.25, 0.3) is 0 Å². The average molecular weight is 221 g/mol. The van der Waals surface area contributed by atoms with E-state index in [9.17, 15) is 4.79 Å².